The number of benzene rings is 2. The van der Waals surface area contributed by atoms with Crippen LogP contribution in [0.2, 0.25) is 0 Å². The van der Waals surface area contributed by atoms with E-state index in [1.165, 1.54) is 4.90 Å². The van der Waals surface area contributed by atoms with Crippen LogP contribution in [0.1, 0.15) is 5.56 Å². The van der Waals surface area contributed by atoms with Crippen LogP contribution in [-0.2, 0) is 4.79 Å². The highest BCUT2D eigenvalue weighted by Gasteiger charge is 2.40. The first-order valence-corrected chi connectivity index (χ1v) is 8.36. The van der Waals surface area contributed by atoms with Gasteiger partial charge in [0.15, 0.2) is 5.37 Å². The van der Waals surface area contributed by atoms with Crippen LogP contribution in [-0.4, -0.2) is 16.5 Å². The number of halogens is 1. The molecule has 1 saturated heterocycles. The van der Waals surface area contributed by atoms with Crippen LogP contribution in [0.4, 0.5) is 16.2 Å². The number of nitrogens with zero attached hydrogens (tertiary/aromatic N) is 1. The fraction of sp³-hybridized carbons (Fsp3) is 0.125. The fourth-order valence-corrected chi connectivity index (χ4v) is 3.44. The van der Waals surface area contributed by atoms with Gasteiger partial charge in [0.2, 0.25) is 0 Å². The highest BCUT2D eigenvalue weighted by atomic mass is 79.9. The summed E-state index contributed by atoms with van der Waals surface area (Å²) in [6.07, 6.45) is 0. The lowest BCUT2D eigenvalue weighted by Gasteiger charge is -2.15. The third kappa shape index (κ3) is 2.89. The Morgan fingerprint density at radius 2 is 1.77 bits per heavy atom. The van der Waals surface area contributed by atoms with Crippen molar-refractivity contribution in [2.24, 2.45) is 0 Å². The molecule has 1 aliphatic rings. The van der Waals surface area contributed by atoms with Crippen LogP contribution < -0.4 is 10.2 Å². The van der Waals surface area contributed by atoms with Gasteiger partial charge in [-0.2, -0.15) is 0 Å². The molecule has 4 nitrogen and oxygen atoms in total. The van der Waals surface area contributed by atoms with E-state index in [1.54, 1.807) is 12.1 Å². The van der Waals surface area contributed by atoms with Crippen molar-refractivity contribution in [1.82, 2.24) is 0 Å². The van der Waals surface area contributed by atoms with Gasteiger partial charge in [-0.05, 0) is 58.9 Å². The van der Waals surface area contributed by atoms with Gasteiger partial charge >= 0.3 is 0 Å². The maximum atomic E-state index is 12.5. The van der Waals surface area contributed by atoms with Crippen molar-refractivity contribution in [3.63, 3.8) is 0 Å². The maximum Gasteiger partial charge on any atom is 0.295 e. The van der Waals surface area contributed by atoms with E-state index >= 15 is 0 Å². The molecule has 0 aromatic heterocycles. The third-order valence-corrected chi connectivity index (χ3v) is 4.93. The number of imide groups is 1. The van der Waals surface area contributed by atoms with Crippen molar-refractivity contribution in [3.8, 4) is 0 Å². The lowest BCUT2D eigenvalue weighted by Crippen LogP contribution is -2.34. The van der Waals surface area contributed by atoms with E-state index in [-0.39, 0.29) is 11.1 Å². The van der Waals surface area contributed by atoms with Gasteiger partial charge in [-0.15, -0.1) is 0 Å². The number of rotatable bonds is 3. The molecule has 1 N–H and O–H groups in total. The molecule has 0 spiro atoms. The number of thioether (sulfide) groups is 1. The molecule has 6 heteroatoms. The summed E-state index contributed by atoms with van der Waals surface area (Å²) in [7, 11) is 0. The number of aryl methyl sites for hydroxylation is 1. The average Bonchev–Trinajstić information content (AvgIpc) is 2.77. The number of hydrogen-bond donors (Lipinski definition) is 1. The second-order valence-electron chi connectivity index (χ2n) is 4.90. The Kier molecular flexibility index (Phi) is 4.22. The van der Waals surface area contributed by atoms with E-state index in [4.69, 9.17) is 0 Å². The normalized spacial score (nSPS) is 17.9. The molecule has 1 unspecified atom stereocenters. The predicted molar refractivity (Wildman–Crippen MR) is 93.2 cm³/mol. The SMILES string of the molecule is Cc1ccc(N2C(=O)SC(Nc3ccccc3Br)C2=O)cc1. The predicted octanol–water partition coefficient (Wildman–Crippen LogP) is 4.40. The molecule has 1 heterocycles. The molecule has 1 aliphatic heterocycles. The van der Waals surface area contributed by atoms with Gasteiger partial charge in [-0.25, -0.2) is 4.90 Å². The monoisotopic (exact) mass is 376 g/mol. The van der Waals surface area contributed by atoms with Crippen molar-refractivity contribution in [2.45, 2.75) is 12.3 Å². The second-order valence-corrected chi connectivity index (χ2v) is 6.81. The Labute approximate surface area is 141 Å². The first-order chi connectivity index (χ1) is 10.6. The summed E-state index contributed by atoms with van der Waals surface area (Å²) in [5.74, 6) is -0.255. The molecule has 2 aromatic carbocycles. The molecular formula is C16H13BrN2O2S. The second kappa shape index (κ2) is 6.14. The van der Waals surface area contributed by atoms with Gasteiger partial charge in [0.05, 0.1) is 5.69 Å². The summed E-state index contributed by atoms with van der Waals surface area (Å²) in [4.78, 5) is 25.9. The number of carbonyl (C=O) groups is 2. The smallest absolute Gasteiger partial charge is 0.295 e. The summed E-state index contributed by atoms with van der Waals surface area (Å²) >= 11 is 4.41. The molecule has 112 valence electrons. The van der Waals surface area contributed by atoms with Crippen molar-refractivity contribution in [1.29, 1.82) is 0 Å². The van der Waals surface area contributed by atoms with Crippen LogP contribution in [0.25, 0.3) is 0 Å². The fourth-order valence-electron chi connectivity index (χ4n) is 2.15. The van der Waals surface area contributed by atoms with Gasteiger partial charge in [0.25, 0.3) is 11.1 Å². The molecule has 0 aliphatic carbocycles. The van der Waals surface area contributed by atoms with E-state index in [0.717, 1.165) is 27.5 Å². The zero-order valence-electron chi connectivity index (χ0n) is 11.7. The van der Waals surface area contributed by atoms with Crippen LogP contribution in [0.5, 0.6) is 0 Å². The van der Waals surface area contributed by atoms with Gasteiger partial charge in [-0.1, -0.05) is 29.8 Å². The van der Waals surface area contributed by atoms with Gasteiger partial charge in [-0.3, -0.25) is 9.59 Å². The lowest BCUT2D eigenvalue weighted by molar-refractivity contribution is -0.116. The van der Waals surface area contributed by atoms with Crippen molar-refractivity contribution < 1.29 is 9.59 Å². The van der Waals surface area contributed by atoms with E-state index in [9.17, 15) is 9.59 Å². The topological polar surface area (TPSA) is 49.4 Å². The van der Waals surface area contributed by atoms with Crippen LogP contribution in [0.15, 0.2) is 53.0 Å². The highest BCUT2D eigenvalue weighted by molar-refractivity contribution is 9.10. The minimum absolute atomic E-state index is 0.255. The zero-order chi connectivity index (χ0) is 15.7. The minimum atomic E-state index is -0.618. The number of carbonyl (C=O) groups excluding carboxylic acids is 2. The van der Waals surface area contributed by atoms with Gasteiger partial charge in [0.1, 0.15) is 0 Å². The molecule has 1 atom stereocenters. The van der Waals surface area contributed by atoms with Gasteiger partial charge < -0.3 is 5.32 Å². The Morgan fingerprint density at radius 1 is 1.09 bits per heavy atom. The Hall–Kier alpha value is -1.79. The molecule has 2 amide bonds. The molecule has 2 aromatic rings. The number of para-hydroxylation sites is 1. The van der Waals surface area contributed by atoms with Gasteiger partial charge in [0, 0.05) is 10.2 Å². The van der Waals surface area contributed by atoms with Crippen molar-refractivity contribution in [2.75, 3.05) is 10.2 Å². The first-order valence-electron chi connectivity index (χ1n) is 6.68. The van der Waals surface area contributed by atoms with Crippen molar-refractivity contribution >= 4 is 50.2 Å². The third-order valence-electron chi connectivity index (χ3n) is 3.30. The highest BCUT2D eigenvalue weighted by Crippen LogP contribution is 2.34. The number of nitrogens with one attached hydrogen (secondary N) is 1. The maximum absolute atomic E-state index is 12.5. The van der Waals surface area contributed by atoms with E-state index in [0.29, 0.717) is 5.69 Å². The Balaban J connectivity index is 1.82. The number of hydrogen-bond acceptors (Lipinski definition) is 4. The Morgan fingerprint density at radius 3 is 2.45 bits per heavy atom. The van der Waals surface area contributed by atoms with Crippen LogP contribution in [0, 0.1) is 6.92 Å². The summed E-state index contributed by atoms with van der Waals surface area (Å²) in [6, 6.07) is 14.8. The van der Waals surface area contributed by atoms with E-state index < -0.39 is 5.37 Å². The molecular weight excluding hydrogens is 364 g/mol. The van der Waals surface area contributed by atoms with E-state index in [2.05, 4.69) is 21.2 Å². The number of amides is 2. The van der Waals surface area contributed by atoms with Crippen LogP contribution >= 0.6 is 27.7 Å². The quantitative estimate of drug-likeness (QED) is 0.862. The Bertz CT molecular complexity index is 733. The molecule has 1 fully saturated rings. The molecule has 0 bridgehead atoms. The molecule has 0 radical (unpaired) electrons. The molecule has 0 saturated carbocycles. The largest absolute Gasteiger partial charge is 0.364 e. The first kappa shape index (κ1) is 15.1. The summed E-state index contributed by atoms with van der Waals surface area (Å²) in [5, 5.41) is 2.22. The van der Waals surface area contributed by atoms with Crippen molar-refractivity contribution in [3.05, 3.63) is 58.6 Å². The van der Waals surface area contributed by atoms with Crippen LogP contribution in [0.3, 0.4) is 0 Å². The lowest BCUT2D eigenvalue weighted by atomic mass is 10.2. The summed E-state index contributed by atoms with van der Waals surface area (Å²) in [6.45, 7) is 1.96. The average molecular weight is 377 g/mol. The van der Waals surface area contributed by atoms with E-state index in [1.807, 2.05) is 43.3 Å². The summed E-state index contributed by atoms with van der Waals surface area (Å²) < 4.78 is 0.852. The molecule has 22 heavy (non-hydrogen) atoms. The zero-order valence-corrected chi connectivity index (χ0v) is 14.1. The number of anilines is 2. The standard InChI is InChI=1S/C16H13BrN2O2S/c1-10-6-8-11(9-7-10)19-15(20)14(22-16(19)21)18-13-5-3-2-4-12(13)17/h2-9,14,18H,1H3. The molecule has 3 rings (SSSR count). The minimum Gasteiger partial charge on any atom is -0.364 e. The summed E-state index contributed by atoms with van der Waals surface area (Å²) in [5.41, 5.74) is 2.47.